The summed E-state index contributed by atoms with van der Waals surface area (Å²) in [6.07, 6.45) is 1.71. The number of thioether (sulfide) groups is 1. The second-order valence-electron chi connectivity index (χ2n) is 5.88. The summed E-state index contributed by atoms with van der Waals surface area (Å²) in [4.78, 5) is 14.1. The third-order valence-corrected chi connectivity index (χ3v) is 5.71. The zero-order valence-electron chi connectivity index (χ0n) is 15.2. The first-order valence-electron chi connectivity index (χ1n) is 8.44. The molecule has 146 valence electrons. The molecule has 2 aromatic carbocycles. The molecule has 8 heteroatoms. The summed E-state index contributed by atoms with van der Waals surface area (Å²) in [6.45, 7) is 2.25. The molecule has 0 radical (unpaired) electrons. The first-order valence-corrected chi connectivity index (χ1v) is 10.0. The number of rotatable bonds is 6. The van der Waals surface area contributed by atoms with Gasteiger partial charge in [-0.05, 0) is 36.8 Å². The number of likely N-dealkylation sites (N-methyl/N-ethyl adjacent to an activating group) is 1. The molecule has 4 nitrogen and oxygen atoms in total. The Morgan fingerprint density at radius 1 is 1.29 bits per heavy atom. The second-order valence-corrected chi connectivity index (χ2v) is 7.97. The SMILES string of the molecule is CCOc1cc(C=C2SC(=S)N(C)C2=O)cc(Cl)c1OCc1ccccc1F. The van der Waals surface area contributed by atoms with Crippen molar-refractivity contribution in [2.75, 3.05) is 13.7 Å². The van der Waals surface area contributed by atoms with Crippen molar-refractivity contribution in [2.45, 2.75) is 13.5 Å². The van der Waals surface area contributed by atoms with Gasteiger partial charge in [0.05, 0.1) is 16.5 Å². The predicted molar refractivity (Wildman–Crippen MR) is 114 cm³/mol. The number of ether oxygens (including phenoxy) is 2. The Kier molecular flexibility index (Phi) is 6.59. The number of hydrogen-bond donors (Lipinski definition) is 0. The molecule has 0 atom stereocenters. The van der Waals surface area contributed by atoms with Gasteiger partial charge in [0.25, 0.3) is 5.91 Å². The van der Waals surface area contributed by atoms with E-state index < -0.39 is 0 Å². The molecular weight excluding hydrogens is 421 g/mol. The van der Waals surface area contributed by atoms with Gasteiger partial charge in [0, 0.05) is 12.6 Å². The molecule has 1 aliphatic heterocycles. The number of amides is 1. The van der Waals surface area contributed by atoms with E-state index in [1.807, 2.05) is 6.92 Å². The van der Waals surface area contributed by atoms with Crippen molar-refractivity contribution in [2.24, 2.45) is 0 Å². The number of halogens is 2. The minimum atomic E-state index is -0.352. The average Bonchev–Trinajstić information content (AvgIpc) is 2.89. The molecular formula is C20H17ClFNO3S2. The van der Waals surface area contributed by atoms with Gasteiger partial charge in [-0.2, -0.15) is 0 Å². The van der Waals surface area contributed by atoms with E-state index in [0.29, 0.717) is 43.5 Å². The van der Waals surface area contributed by atoms with Crippen LogP contribution in [-0.2, 0) is 11.4 Å². The van der Waals surface area contributed by atoms with Crippen molar-refractivity contribution in [1.82, 2.24) is 4.90 Å². The monoisotopic (exact) mass is 437 g/mol. The maximum atomic E-state index is 13.8. The first-order chi connectivity index (χ1) is 13.4. The highest BCUT2D eigenvalue weighted by Crippen LogP contribution is 2.39. The summed E-state index contributed by atoms with van der Waals surface area (Å²) in [5, 5.41) is 0.306. The average molecular weight is 438 g/mol. The van der Waals surface area contributed by atoms with Gasteiger partial charge in [0.1, 0.15) is 16.7 Å². The third kappa shape index (κ3) is 4.48. The summed E-state index contributed by atoms with van der Waals surface area (Å²) >= 11 is 12.8. The maximum absolute atomic E-state index is 13.8. The molecule has 28 heavy (non-hydrogen) atoms. The van der Waals surface area contributed by atoms with E-state index in [4.69, 9.17) is 33.3 Å². The highest BCUT2D eigenvalue weighted by atomic mass is 35.5. The molecule has 1 amide bonds. The Hall–Kier alpha value is -2.09. The lowest BCUT2D eigenvalue weighted by Gasteiger charge is -2.15. The minimum absolute atomic E-state index is 0.0142. The van der Waals surface area contributed by atoms with Gasteiger partial charge in [-0.25, -0.2) is 4.39 Å². The highest BCUT2D eigenvalue weighted by molar-refractivity contribution is 8.26. The van der Waals surface area contributed by atoms with Crippen molar-refractivity contribution in [3.63, 3.8) is 0 Å². The smallest absolute Gasteiger partial charge is 0.265 e. The molecule has 1 saturated heterocycles. The lowest BCUT2D eigenvalue weighted by atomic mass is 10.1. The minimum Gasteiger partial charge on any atom is -0.490 e. The fourth-order valence-corrected chi connectivity index (χ4v) is 3.99. The summed E-state index contributed by atoms with van der Waals surface area (Å²) in [7, 11) is 1.64. The Labute approximate surface area is 177 Å². The zero-order valence-corrected chi connectivity index (χ0v) is 17.6. The standard InChI is InChI=1S/C20H17ClFNO3S2/c1-3-25-16-9-12(10-17-19(24)23(2)20(27)28-17)8-14(21)18(16)26-11-13-6-4-5-7-15(13)22/h4-10H,3,11H2,1-2H3. The Morgan fingerprint density at radius 2 is 2.04 bits per heavy atom. The number of nitrogens with zero attached hydrogens (tertiary/aromatic N) is 1. The fourth-order valence-electron chi connectivity index (χ4n) is 2.54. The summed E-state index contributed by atoms with van der Waals surface area (Å²) in [5.41, 5.74) is 1.09. The number of hydrogen-bond acceptors (Lipinski definition) is 5. The molecule has 0 aliphatic carbocycles. The number of thiocarbonyl (C=S) groups is 1. The summed E-state index contributed by atoms with van der Waals surface area (Å²) in [5.74, 6) is 0.232. The summed E-state index contributed by atoms with van der Waals surface area (Å²) < 4.78 is 25.7. The molecule has 0 spiro atoms. The fraction of sp³-hybridized carbons (Fsp3) is 0.200. The van der Waals surface area contributed by atoms with E-state index >= 15 is 0 Å². The van der Waals surface area contributed by atoms with E-state index in [1.165, 1.54) is 22.7 Å². The van der Waals surface area contributed by atoms with E-state index in [1.54, 1.807) is 43.5 Å². The van der Waals surface area contributed by atoms with Crippen molar-refractivity contribution >= 4 is 51.9 Å². The largest absolute Gasteiger partial charge is 0.490 e. The lowest BCUT2D eigenvalue weighted by molar-refractivity contribution is -0.121. The van der Waals surface area contributed by atoms with Crippen LogP contribution >= 0.6 is 35.6 Å². The zero-order chi connectivity index (χ0) is 20.3. The maximum Gasteiger partial charge on any atom is 0.265 e. The number of carbonyl (C=O) groups is 1. The lowest BCUT2D eigenvalue weighted by Crippen LogP contribution is -2.22. The van der Waals surface area contributed by atoms with Crippen molar-refractivity contribution in [3.05, 3.63) is 63.3 Å². The Bertz CT molecular complexity index is 964. The van der Waals surface area contributed by atoms with Gasteiger partial charge in [-0.15, -0.1) is 0 Å². The van der Waals surface area contributed by atoms with E-state index in [-0.39, 0.29) is 18.3 Å². The van der Waals surface area contributed by atoms with Crippen LogP contribution in [0.1, 0.15) is 18.1 Å². The van der Waals surface area contributed by atoms with Crippen LogP contribution in [0.3, 0.4) is 0 Å². The quantitative estimate of drug-likeness (QED) is 0.453. The van der Waals surface area contributed by atoms with Gasteiger partial charge in [-0.1, -0.05) is 53.8 Å². The molecule has 1 aliphatic rings. The van der Waals surface area contributed by atoms with Gasteiger partial charge >= 0.3 is 0 Å². The van der Waals surface area contributed by atoms with Crippen molar-refractivity contribution in [3.8, 4) is 11.5 Å². The molecule has 0 N–H and O–H groups in total. The van der Waals surface area contributed by atoms with Crippen molar-refractivity contribution < 1.29 is 18.7 Å². The first kappa shape index (κ1) is 20.6. The van der Waals surface area contributed by atoms with Crippen LogP contribution in [0.25, 0.3) is 6.08 Å². The molecule has 1 fully saturated rings. The van der Waals surface area contributed by atoms with Crippen LogP contribution in [0.15, 0.2) is 41.3 Å². The summed E-state index contributed by atoms with van der Waals surface area (Å²) in [6, 6.07) is 9.77. The van der Waals surface area contributed by atoms with Crippen molar-refractivity contribution in [1.29, 1.82) is 0 Å². The van der Waals surface area contributed by atoms with E-state index in [0.717, 1.165) is 0 Å². The topological polar surface area (TPSA) is 38.8 Å². The highest BCUT2D eigenvalue weighted by Gasteiger charge is 2.28. The molecule has 0 saturated carbocycles. The van der Waals surface area contributed by atoms with Gasteiger partial charge < -0.3 is 9.47 Å². The van der Waals surface area contributed by atoms with E-state index in [2.05, 4.69) is 0 Å². The van der Waals surface area contributed by atoms with Crippen LogP contribution in [0.4, 0.5) is 4.39 Å². The predicted octanol–water partition coefficient (Wildman–Crippen LogP) is 5.29. The number of benzene rings is 2. The van der Waals surface area contributed by atoms with Crippen LogP contribution in [-0.4, -0.2) is 28.8 Å². The Morgan fingerprint density at radius 3 is 2.68 bits per heavy atom. The molecule has 1 heterocycles. The molecule has 0 unspecified atom stereocenters. The van der Waals surface area contributed by atoms with Crippen LogP contribution in [0.2, 0.25) is 5.02 Å². The number of carbonyl (C=O) groups excluding carboxylic acids is 1. The second kappa shape index (κ2) is 8.94. The molecule has 3 rings (SSSR count). The van der Waals surface area contributed by atoms with Crippen LogP contribution in [0, 0.1) is 5.82 Å². The van der Waals surface area contributed by atoms with E-state index in [9.17, 15) is 9.18 Å². The third-order valence-electron chi connectivity index (χ3n) is 3.95. The normalized spacial score (nSPS) is 15.4. The molecule has 2 aromatic rings. The van der Waals surface area contributed by atoms with Gasteiger partial charge in [0.15, 0.2) is 11.5 Å². The van der Waals surface area contributed by atoms with Gasteiger partial charge in [-0.3, -0.25) is 9.69 Å². The molecule has 0 bridgehead atoms. The van der Waals surface area contributed by atoms with Crippen LogP contribution < -0.4 is 9.47 Å². The Balaban J connectivity index is 1.89. The van der Waals surface area contributed by atoms with Crippen LogP contribution in [0.5, 0.6) is 11.5 Å². The molecule has 0 aromatic heterocycles. The van der Waals surface area contributed by atoms with Gasteiger partial charge in [0.2, 0.25) is 0 Å².